The molecule has 0 spiro atoms. The van der Waals surface area contributed by atoms with Crippen LogP contribution in [-0.2, 0) is 0 Å². The second-order valence-corrected chi connectivity index (χ2v) is 9.88. The van der Waals surface area contributed by atoms with Gasteiger partial charge in [0.05, 0.1) is 0 Å². The van der Waals surface area contributed by atoms with E-state index in [2.05, 4.69) is 39.9 Å². The van der Waals surface area contributed by atoms with Gasteiger partial charge in [0.25, 0.3) is 0 Å². The first-order valence-electron chi connectivity index (χ1n) is 9.54. The van der Waals surface area contributed by atoms with E-state index in [4.69, 9.17) is 0 Å². The Labute approximate surface area is 132 Å². The van der Waals surface area contributed by atoms with E-state index < -0.39 is 0 Å². The van der Waals surface area contributed by atoms with Gasteiger partial charge in [-0.1, -0.05) is 41.0 Å². The number of hydrogen-bond acceptors (Lipinski definition) is 1. The van der Waals surface area contributed by atoms with Crippen molar-refractivity contribution in [3.05, 3.63) is 0 Å². The molecule has 1 heteroatoms. The summed E-state index contributed by atoms with van der Waals surface area (Å²) < 4.78 is 0. The Balaban J connectivity index is 1.80. The lowest BCUT2D eigenvalue weighted by Crippen LogP contribution is -2.56. The molecule has 4 fully saturated rings. The Morgan fingerprint density at radius 3 is 2.10 bits per heavy atom. The average molecular weight is 292 g/mol. The summed E-state index contributed by atoms with van der Waals surface area (Å²) in [5, 5.41) is 3.83. The van der Waals surface area contributed by atoms with Gasteiger partial charge in [0.1, 0.15) is 0 Å². The molecule has 4 aliphatic rings. The standard InChI is InChI=1S/C20H37N/c1-6-15(3)17(21-7-2)11-20-10-16-8-18(4,13-20)12-19(5,9-16)14-20/h15-17,21H,6-14H2,1-5H3. The number of hydrogen-bond donors (Lipinski definition) is 1. The second kappa shape index (κ2) is 5.25. The molecule has 4 bridgehead atoms. The topological polar surface area (TPSA) is 12.0 Å². The molecule has 0 heterocycles. The predicted molar refractivity (Wildman–Crippen MR) is 91.4 cm³/mol. The van der Waals surface area contributed by atoms with Crippen molar-refractivity contribution in [2.45, 2.75) is 92.0 Å². The van der Waals surface area contributed by atoms with E-state index in [-0.39, 0.29) is 0 Å². The summed E-state index contributed by atoms with van der Waals surface area (Å²) in [5.74, 6) is 1.86. The molecule has 0 saturated heterocycles. The highest BCUT2D eigenvalue weighted by Crippen LogP contribution is 2.70. The minimum Gasteiger partial charge on any atom is -0.314 e. The van der Waals surface area contributed by atoms with Gasteiger partial charge in [-0.2, -0.15) is 0 Å². The Kier molecular flexibility index (Phi) is 3.96. The molecule has 4 atom stereocenters. The van der Waals surface area contributed by atoms with Crippen LogP contribution in [0.3, 0.4) is 0 Å². The quantitative estimate of drug-likeness (QED) is 0.691. The summed E-state index contributed by atoms with van der Waals surface area (Å²) in [6.07, 6.45) is 11.9. The van der Waals surface area contributed by atoms with E-state index in [1.54, 1.807) is 0 Å². The highest BCUT2D eigenvalue weighted by molar-refractivity contribution is 5.11. The zero-order chi connectivity index (χ0) is 15.3. The van der Waals surface area contributed by atoms with Crippen LogP contribution in [0.5, 0.6) is 0 Å². The third kappa shape index (κ3) is 2.92. The molecule has 122 valence electrons. The monoisotopic (exact) mass is 291 g/mol. The Hall–Kier alpha value is -0.0400. The molecular weight excluding hydrogens is 254 g/mol. The van der Waals surface area contributed by atoms with Gasteiger partial charge < -0.3 is 5.32 Å². The van der Waals surface area contributed by atoms with Crippen LogP contribution in [0.2, 0.25) is 0 Å². The molecule has 0 amide bonds. The minimum absolute atomic E-state index is 0.666. The summed E-state index contributed by atoms with van der Waals surface area (Å²) in [5.41, 5.74) is 2.00. The van der Waals surface area contributed by atoms with Crippen LogP contribution in [0.25, 0.3) is 0 Å². The summed E-state index contributed by atoms with van der Waals surface area (Å²) in [6.45, 7) is 13.4. The first-order chi connectivity index (χ1) is 9.81. The van der Waals surface area contributed by atoms with E-state index in [1.807, 2.05) is 0 Å². The highest BCUT2D eigenvalue weighted by atomic mass is 14.9. The van der Waals surface area contributed by atoms with Crippen molar-refractivity contribution >= 4 is 0 Å². The van der Waals surface area contributed by atoms with Gasteiger partial charge in [-0.15, -0.1) is 0 Å². The molecule has 21 heavy (non-hydrogen) atoms. The largest absolute Gasteiger partial charge is 0.314 e. The van der Waals surface area contributed by atoms with Gasteiger partial charge >= 0.3 is 0 Å². The van der Waals surface area contributed by atoms with Crippen LogP contribution in [0, 0.1) is 28.1 Å². The van der Waals surface area contributed by atoms with E-state index in [0.29, 0.717) is 16.2 Å². The zero-order valence-corrected chi connectivity index (χ0v) is 15.1. The van der Waals surface area contributed by atoms with Crippen molar-refractivity contribution < 1.29 is 0 Å². The maximum absolute atomic E-state index is 3.83. The van der Waals surface area contributed by atoms with Crippen LogP contribution in [0.4, 0.5) is 0 Å². The number of nitrogens with one attached hydrogen (secondary N) is 1. The smallest absolute Gasteiger partial charge is 0.00977 e. The lowest BCUT2D eigenvalue weighted by molar-refractivity contribution is -0.151. The summed E-state index contributed by atoms with van der Waals surface area (Å²) in [6, 6.07) is 0.739. The lowest BCUT2D eigenvalue weighted by Gasteiger charge is -2.66. The van der Waals surface area contributed by atoms with E-state index in [9.17, 15) is 0 Å². The molecular formula is C20H37N. The molecule has 4 saturated carbocycles. The van der Waals surface area contributed by atoms with Gasteiger partial charge in [-0.25, -0.2) is 0 Å². The molecule has 4 unspecified atom stereocenters. The number of rotatable bonds is 6. The third-order valence-corrected chi connectivity index (χ3v) is 7.19. The fraction of sp³-hybridized carbons (Fsp3) is 1.00. The van der Waals surface area contributed by atoms with Gasteiger partial charge in [-0.3, -0.25) is 0 Å². The lowest BCUT2D eigenvalue weighted by atomic mass is 9.39. The van der Waals surface area contributed by atoms with Crippen LogP contribution < -0.4 is 5.32 Å². The highest BCUT2D eigenvalue weighted by Gasteiger charge is 2.60. The zero-order valence-electron chi connectivity index (χ0n) is 15.1. The second-order valence-electron chi connectivity index (χ2n) is 9.88. The first-order valence-corrected chi connectivity index (χ1v) is 9.54. The normalized spacial score (nSPS) is 47.6. The molecule has 0 aromatic rings. The van der Waals surface area contributed by atoms with Gasteiger partial charge in [0.2, 0.25) is 0 Å². The van der Waals surface area contributed by atoms with Crippen molar-refractivity contribution in [2.75, 3.05) is 6.54 Å². The summed E-state index contributed by atoms with van der Waals surface area (Å²) in [4.78, 5) is 0. The van der Waals surface area contributed by atoms with Crippen LogP contribution in [0.1, 0.15) is 86.0 Å². The maximum Gasteiger partial charge on any atom is 0.00977 e. The van der Waals surface area contributed by atoms with Crippen LogP contribution in [0.15, 0.2) is 0 Å². The molecule has 4 rings (SSSR count). The van der Waals surface area contributed by atoms with Crippen molar-refractivity contribution in [1.29, 1.82) is 0 Å². The van der Waals surface area contributed by atoms with E-state index >= 15 is 0 Å². The van der Waals surface area contributed by atoms with Gasteiger partial charge in [0, 0.05) is 6.04 Å². The van der Waals surface area contributed by atoms with Crippen molar-refractivity contribution in [3.63, 3.8) is 0 Å². The van der Waals surface area contributed by atoms with E-state index in [1.165, 1.54) is 51.4 Å². The molecule has 4 aliphatic carbocycles. The van der Waals surface area contributed by atoms with Gasteiger partial charge in [0.15, 0.2) is 0 Å². The van der Waals surface area contributed by atoms with Gasteiger partial charge in [-0.05, 0) is 79.6 Å². The van der Waals surface area contributed by atoms with E-state index in [0.717, 1.165) is 24.4 Å². The molecule has 1 N–H and O–H groups in total. The fourth-order valence-electron chi connectivity index (χ4n) is 7.40. The molecule has 0 aromatic heterocycles. The van der Waals surface area contributed by atoms with Crippen molar-refractivity contribution in [1.82, 2.24) is 5.32 Å². The van der Waals surface area contributed by atoms with Crippen molar-refractivity contribution in [2.24, 2.45) is 28.1 Å². The van der Waals surface area contributed by atoms with Crippen LogP contribution in [-0.4, -0.2) is 12.6 Å². The third-order valence-electron chi connectivity index (χ3n) is 7.19. The maximum atomic E-state index is 3.83. The minimum atomic E-state index is 0.666. The molecule has 0 aliphatic heterocycles. The molecule has 1 nitrogen and oxygen atoms in total. The fourth-order valence-corrected chi connectivity index (χ4v) is 7.40. The Morgan fingerprint density at radius 1 is 1.00 bits per heavy atom. The van der Waals surface area contributed by atoms with Crippen LogP contribution >= 0.6 is 0 Å². The molecule has 0 aromatic carbocycles. The molecule has 0 radical (unpaired) electrons. The SMILES string of the molecule is CCNC(CC12CC3CC(C)(CC(C)(C3)C1)C2)C(C)CC. The Bertz CT molecular complexity index is 369. The predicted octanol–water partition coefficient (Wildman–Crippen LogP) is 5.40. The first kappa shape index (κ1) is 15.8. The summed E-state index contributed by atoms with van der Waals surface area (Å²) in [7, 11) is 0. The average Bonchev–Trinajstić information content (AvgIpc) is 2.32. The summed E-state index contributed by atoms with van der Waals surface area (Å²) >= 11 is 0. The Morgan fingerprint density at radius 2 is 1.62 bits per heavy atom. The van der Waals surface area contributed by atoms with Crippen molar-refractivity contribution in [3.8, 4) is 0 Å².